The van der Waals surface area contributed by atoms with Crippen molar-refractivity contribution >= 4 is 26.1 Å². The Balaban J connectivity index is 0. The molecule has 8 nitrogen and oxygen atoms in total. The van der Waals surface area contributed by atoms with Gasteiger partial charge in [-0.05, 0) is 31.6 Å². The minimum atomic E-state index is -1.86. The summed E-state index contributed by atoms with van der Waals surface area (Å²) in [4.78, 5) is 27.1. The van der Waals surface area contributed by atoms with Crippen LogP contribution in [-0.2, 0) is 23.2 Å². The fraction of sp³-hybridized carbons (Fsp3) is 0.857. The molecule has 1 aliphatic heterocycles. The molecule has 1 heterocycles. The molecule has 2 unspecified atom stereocenters. The zero-order chi connectivity index (χ0) is 23.0. The van der Waals surface area contributed by atoms with Gasteiger partial charge in [0, 0.05) is 4.57 Å². The zero-order valence-electron chi connectivity index (χ0n) is 20.2. The normalized spacial score (nSPS) is 18.8. The molecule has 0 aromatic heterocycles. The van der Waals surface area contributed by atoms with Gasteiger partial charge in [-0.15, -0.1) is 9.05 Å². The van der Waals surface area contributed by atoms with Crippen LogP contribution < -0.4 is 40.0 Å². The van der Waals surface area contributed by atoms with Crippen molar-refractivity contribution in [1.82, 2.24) is 5.32 Å². The van der Waals surface area contributed by atoms with E-state index in [9.17, 15) is 19.3 Å². The molecule has 0 aromatic carbocycles. The number of hydrogen-bond acceptors (Lipinski definition) is 6. The van der Waals surface area contributed by atoms with Crippen molar-refractivity contribution in [3.8, 4) is 0 Å². The molecule has 0 saturated heterocycles. The molecular formula is C21H39N2NaO6P+. The van der Waals surface area contributed by atoms with Crippen LogP contribution in [0.2, 0.25) is 0 Å². The zero-order valence-corrected chi connectivity index (χ0v) is 23.1. The second-order valence-electron chi connectivity index (χ2n) is 7.50. The maximum absolute atomic E-state index is 11.9. The molecule has 2 atom stereocenters. The van der Waals surface area contributed by atoms with Crippen molar-refractivity contribution in [2.45, 2.75) is 92.4 Å². The maximum atomic E-state index is 11.9. The van der Waals surface area contributed by atoms with E-state index in [0.29, 0.717) is 19.6 Å². The molecule has 1 N–H and O–H groups in total. The number of carbonyl (C=O) groups is 2. The van der Waals surface area contributed by atoms with Crippen LogP contribution in [0.15, 0.2) is 4.99 Å². The van der Waals surface area contributed by atoms with Crippen molar-refractivity contribution < 1.29 is 57.9 Å². The largest absolute Gasteiger partial charge is 1.00 e. The van der Waals surface area contributed by atoms with Crippen LogP contribution in [0.1, 0.15) is 92.4 Å². The SMILES string of the molecule is CCCC(C)C1(CC)C(=O)N=C([O-])NC1=O.CCCCCO[P+](=O)OCCCCC.[Na+]. The minimum Gasteiger partial charge on any atom is -0.846 e. The third-order valence-corrected chi connectivity index (χ3v) is 6.01. The van der Waals surface area contributed by atoms with Crippen molar-refractivity contribution in [2.75, 3.05) is 13.2 Å². The van der Waals surface area contributed by atoms with Crippen LogP contribution in [0, 0.1) is 11.3 Å². The van der Waals surface area contributed by atoms with Gasteiger partial charge in [-0.2, -0.15) is 0 Å². The number of nitrogens with zero attached hydrogens (tertiary/aromatic N) is 1. The van der Waals surface area contributed by atoms with Crippen molar-refractivity contribution in [2.24, 2.45) is 16.3 Å². The van der Waals surface area contributed by atoms with Crippen molar-refractivity contribution in [1.29, 1.82) is 0 Å². The summed E-state index contributed by atoms with van der Waals surface area (Å²) < 4.78 is 21.1. The Morgan fingerprint density at radius 3 is 1.90 bits per heavy atom. The summed E-state index contributed by atoms with van der Waals surface area (Å²) in [6.45, 7) is 11.0. The van der Waals surface area contributed by atoms with Crippen molar-refractivity contribution in [3.05, 3.63) is 0 Å². The van der Waals surface area contributed by atoms with Crippen LogP contribution in [0.25, 0.3) is 0 Å². The van der Waals surface area contributed by atoms with Gasteiger partial charge in [0.2, 0.25) is 5.91 Å². The molecule has 0 aromatic rings. The van der Waals surface area contributed by atoms with E-state index >= 15 is 0 Å². The van der Waals surface area contributed by atoms with E-state index in [0.717, 1.165) is 51.4 Å². The molecule has 31 heavy (non-hydrogen) atoms. The van der Waals surface area contributed by atoms with Gasteiger partial charge in [-0.3, -0.25) is 9.59 Å². The quantitative estimate of drug-likeness (QED) is 0.177. The Hall–Kier alpha value is -0.370. The van der Waals surface area contributed by atoms with Gasteiger partial charge in [0.15, 0.2) is 0 Å². The average molecular weight is 470 g/mol. The molecule has 0 bridgehead atoms. The predicted molar refractivity (Wildman–Crippen MR) is 116 cm³/mol. The first-order valence-corrected chi connectivity index (χ1v) is 12.2. The molecule has 2 amide bonds. The van der Waals surface area contributed by atoms with Gasteiger partial charge in [0.25, 0.3) is 5.91 Å². The Morgan fingerprint density at radius 1 is 1.00 bits per heavy atom. The first-order chi connectivity index (χ1) is 14.3. The van der Waals surface area contributed by atoms with E-state index in [2.05, 4.69) is 24.2 Å². The first kappa shape index (κ1) is 32.8. The molecule has 0 saturated carbocycles. The molecule has 0 spiro atoms. The Bertz CT molecular complexity index is 562. The number of carbonyl (C=O) groups excluding carboxylic acids is 2. The number of rotatable bonds is 14. The summed E-state index contributed by atoms with van der Waals surface area (Å²) in [5.41, 5.74) is -1.15. The monoisotopic (exact) mass is 469 g/mol. The summed E-state index contributed by atoms with van der Waals surface area (Å²) in [7, 11) is -1.86. The number of hydrogen-bond donors (Lipinski definition) is 1. The molecule has 0 aliphatic carbocycles. The summed E-state index contributed by atoms with van der Waals surface area (Å²) in [6, 6.07) is -0.845. The average Bonchev–Trinajstić information content (AvgIpc) is 2.69. The van der Waals surface area contributed by atoms with E-state index in [-0.39, 0.29) is 35.5 Å². The first-order valence-electron chi connectivity index (χ1n) is 11.1. The number of unbranched alkanes of at least 4 members (excludes halogenated alkanes) is 4. The maximum Gasteiger partial charge on any atom is 1.00 e. The van der Waals surface area contributed by atoms with Crippen LogP contribution in [-0.4, -0.2) is 31.0 Å². The van der Waals surface area contributed by atoms with Crippen LogP contribution in [0.3, 0.4) is 0 Å². The van der Waals surface area contributed by atoms with Gasteiger partial charge in [0.05, 0.1) is 6.02 Å². The molecule has 0 fully saturated rings. The van der Waals surface area contributed by atoms with E-state index in [1.54, 1.807) is 6.92 Å². The molecule has 174 valence electrons. The second kappa shape index (κ2) is 19.1. The molecule has 0 radical (unpaired) electrons. The van der Waals surface area contributed by atoms with Crippen LogP contribution >= 0.6 is 8.25 Å². The Labute approximate surface area is 210 Å². The van der Waals surface area contributed by atoms with E-state index in [1.165, 1.54) is 0 Å². The van der Waals surface area contributed by atoms with Gasteiger partial charge in [-0.1, -0.05) is 66.7 Å². The van der Waals surface area contributed by atoms with Gasteiger partial charge < -0.3 is 10.4 Å². The molecular weight excluding hydrogens is 430 g/mol. The smallest absolute Gasteiger partial charge is 0.846 e. The predicted octanol–water partition coefficient (Wildman–Crippen LogP) is 1.25. The van der Waals surface area contributed by atoms with E-state index in [1.807, 2.05) is 13.8 Å². The topological polar surface area (TPSA) is 117 Å². The van der Waals surface area contributed by atoms with Crippen LogP contribution in [0.5, 0.6) is 0 Å². The third-order valence-electron chi connectivity index (χ3n) is 5.22. The Morgan fingerprint density at radius 2 is 1.52 bits per heavy atom. The summed E-state index contributed by atoms with van der Waals surface area (Å²) in [5, 5.41) is 13.1. The van der Waals surface area contributed by atoms with Crippen molar-refractivity contribution in [3.63, 3.8) is 0 Å². The Kier molecular flexibility index (Phi) is 20.2. The van der Waals surface area contributed by atoms with Gasteiger partial charge >= 0.3 is 37.8 Å². The van der Waals surface area contributed by atoms with E-state index in [4.69, 9.17) is 9.05 Å². The fourth-order valence-corrected chi connectivity index (χ4v) is 3.95. The van der Waals surface area contributed by atoms with Gasteiger partial charge in [0.1, 0.15) is 18.6 Å². The number of amides is 2. The molecule has 10 heteroatoms. The standard InChI is InChI=1S/C11H18N2O3.C10H22O3P.Na/c1-4-6-7(3)11(5-2)8(14)12-10(16)13-9(11)15;1-3-5-7-9-12-14(11)13-10-8-6-4-2;/h7H,4-6H2,1-3H3,(H2,12,13,14,15,16);3-10H2,1-2H3;/q;2*+1/p-1. The molecule has 1 aliphatic rings. The third kappa shape index (κ3) is 11.9. The summed E-state index contributed by atoms with van der Waals surface area (Å²) in [6.07, 6.45) is 8.50. The number of amidine groups is 1. The number of aliphatic imine (C=N–C) groups is 1. The number of nitrogens with one attached hydrogen (secondary N) is 1. The van der Waals surface area contributed by atoms with Crippen LogP contribution in [0.4, 0.5) is 0 Å². The summed E-state index contributed by atoms with van der Waals surface area (Å²) >= 11 is 0. The van der Waals surface area contributed by atoms with E-state index < -0.39 is 31.5 Å². The molecule has 1 rings (SSSR count). The fourth-order valence-electron chi connectivity index (χ4n) is 3.32. The summed E-state index contributed by atoms with van der Waals surface area (Å²) in [5.74, 6) is -1.20. The van der Waals surface area contributed by atoms with Gasteiger partial charge in [-0.25, -0.2) is 4.99 Å². The second-order valence-corrected chi connectivity index (χ2v) is 8.46. The minimum absolute atomic E-state index is 0.